The summed E-state index contributed by atoms with van der Waals surface area (Å²) in [5.41, 5.74) is 3.98. The second-order valence-electron chi connectivity index (χ2n) is 7.96. The third-order valence-corrected chi connectivity index (χ3v) is 7.10. The summed E-state index contributed by atoms with van der Waals surface area (Å²) in [6, 6.07) is 20.7. The molecule has 0 amide bonds. The monoisotopic (exact) mass is 525 g/mol. The highest BCUT2D eigenvalue weighted by molar-refractivity contribution is 7.90. The van der Waals surface area contributed by atoms with E-state index in [2.05, 4.69) is 15.0 Å². The molecule has 35 heavy (non-hydrogen) atoms. The molecule has 2 N–H and O–H groups in total. The van der Waals surface area contributed by atoms with Gasteiger partial charge in [-0.15, -0.1) is 0 Å². The van der Waals surface area contributed by atoms with E-state index in [4.69, 9.17) is 23.2 Å². The number of rotatable bonds is 6. The van der Waals surface area contributed by atoms with Crippen molar-refractivity contribution in [2.75, 3.05) is 10.6 Å². The Morgan fingerprint density at radius 2 is 1.26 bits per heavy atom. The number of carbonyl (C=O) groups excluding carboxylic acids is 1. The highest BCUT2D eigenvalue weighted by Gasteiger charge is 2.29. The fourth-order valence-electron chi connectivity index (χ4n) is 3.27. The Bertz CT molecular complexity index is 1470. The number of aryl methyl sites for hydroxylation is 2. The Labute approximate surface area is 214 Å². The maximum atomic E-state index is 13.1. The Balaban J connectivity index is 1.77. The predicted molar refractivity (Wildman–Crippen MR) is 142 cm³/mol. The molecule has 0 radical (unpaired) electrons. The van der Waals surface area contributed by atoms with Crippen LogP contribution < -0.4 is 10.6 Å². The zero-order valence-electron chi connectivity index (χ0n) is 18.8. The van der Waals surface area contributed by atoms with Crippen LogP contribution in [0.2, 0.25) is 5.02 Å². The Kier molecular flexibility index (Phi) is 7.12. The van der Waals surface area contributed by atoms with Gasteiger partial charge in [-0.05, 0) is 68.5 Å². The molecule has 178 valence electrons. The van der Waals surface area contributed by atoms with Gasteiger partial charge in [0.1, 0.15) is 10.7 Å². The summed E-state index contributed by atoms with van der Waals surface area (Å²) in [6.07, 6.45) is 1.37. The van der Waals surface area contributed by atoms with E-state index in [9.17, 15) is 13.2 Å². The van der Waals surface area contributed by atoms with Crippen LogP contribution in [0.4, 0.5) is 11.4 Å². The minimum Gasteiger partial charge on any atom is -0.354 e. The van der Waals surface area contributed by atoms with E-state index in [1.807, 2.05) is 62.4 Å². The van der Waals surface area contributed by atoms with E-state index in [-0.39, 0.29) is 15.6 Å². The molecular formula is C26H21Cl2N3O3S. The van der Waals surface area contributed by atoms with E-state index < -0.39 is 15.8 Å². The summed E-state index contributed by atoms with van der Waals surface area (Å²) in [5, 5.41) is 6.58. The van der Waals surface area contributed by atoms with Crippen LogP contribution in [0.15, 0.2) is 105 Å². The Hall–Kier alpha value is -3.39. The van der Waals surface area contributed by atoms with Crippen molar-refractivity contribution in [3.8, 4) is 0 Å². The van der Waals surface area contributed by atoms with Crippen LogP contribution in [0.25, 0.3) is 0 Å². The van der Waals surface area contributed by atoms with Crippen molar-refractivity contribution in [2.24, 2.45) is 4.40 Å². The van der Waals surface area contributed by atoms with E-state index in [1.165, 1.54) is 30.3 Å². The summed E-state index contributed by atoms with van der Waals surface area (Å²) in [5.74, 6) is -0.715. The molecular weight excluding hydrogens is 505 g/mol. The number of hydrogen-bond donors (Lipinski definition) is 2. The largest absolute Gasteiger partial charge is 0.354 e. The molecule has 1 aliphatic rings. The predicted octanol–water partition coefficient (Wildman–Crippen LogP) is 6.23. The molecule has 6 nitrogen and oxygen atoms in total. The molecule has 0 unspecified atom stereocenters. The summed E-state index contributed by atoms with van der Waals surface area (Å²) >= 11 is 12.3. The molecule has 0 aliphatic heterocycles. The van der Waals surface area contributed by atoms with Gasteiger partial charge in [-0.25, -0.2) is 0 Å². The number of hydrogen-bond acceptors (Lipinski definition) is 5. The van der Waals surface area contributed by atoms with Crippen LogP contribution in [-0.2, 0) is 14.8 Å². The minimum atomic E-state index is -4.18. The van der Waals surface area contributed by atoms with Crippen LogP contribution in [-0.4, -0.2) is 19.9 Å². The second-order valence-corrected chi connectivity index (χ2v) is 10.4. The zero-order chi connectivity index (χ0) is 25.2. The first-order chi connectivity index (χ1) is 16.6. The molecule has 0 bridgehead atoms. The van der Waals surface area contributed by atoms with Crippen LogP contribution in [0.5, 0.6) is 0 Å². The van der Waals surface area contributed by atoms with Crippen molar-refractivity contribution < 1.29 is 13.2 Å². The van der Waals surface area contributed by atoms with Crippen LogP contribution in [0.3, 0.4) is 0 Å². The average molecular weight is 526 g/mol. The molecule has 4 rings (SSSR count). The first-order valence-electron chi connectivity index (χ1n) is 10.6. The zero-order valence-corrected chi connectivity index (χ0v) is 21.2. The van der Waals surface area contributed by atoms with E-state index in [0.717, 1.165) is 16.8 Å². The second kappa shape index (κ2) is 10.1. The van der Waals surface area contributed by atoms with Crippen molar-refractivity contribution in [1.29, 1.82) is 0 Å². The molecule has 1 aliphatic carbocycles. The van der Waals surface area contributed by atoms with Gasteiger partial charge in [0, 0.05) is 16.4 Å². The summed E-state index contributed by atoms with van der Waals surface area (Å²) in [4.78, 5) is 13.0. The van der Waals surface area contributed by atoms with Gasteiger partial charge >= 0.3 is 0 Å². The normalized spacial score (nSPS) is 15.3. The highest BCUT2D eigenvalue weighted by atomic mass is 35.5. The number of sulfonamides is 1. The SMILES string of the molecule is Cc1ccc(NC2=CC(=NS(=O)(=O)c3ccc(Cl)cc3)C(=O)C(Cl)=C2Nc2ccc(C)cc2)cc1. The Morgan fingerprint density at radius 3 is 1.80 bits per heavy atom. The summed E-state index contributed by atoms with van der Waals surface area (Å²) < 4.78 is 29.5. The average Bonchev–Trinajstić information content (AvgIpc) is 2.82. The quantitative estimate of drug-likeness (QED) is 0.372. The first-order valence-corrected chi connectivity index (χ1v) is 12.8. The molecule has 0 spiro atoms. The molecule has 0 atom stereocenters. The fourth-order valence-corrected chi connectivity index (χ4v) is 4.62. The summed E-state index contributed by atoms with van der Waals surface area (Å²) in [6.45, 7) is 3.93. The number of carbonyl (C=O) groups is 1. The van der Waals surface area contributed by atoms with Gasteiger partial charge in [-0.2, -0.15) is 12.8 Å². The number of Topliss-reactive ketones (excluding diaryl/α,β-unsaturated/α-hetero) is 1. The molecule has 3 aromatic carbocycles. The molecule has 0 aromatic heterocycles. The van der Waals surface area contributed by atoms with Crippen molar-refractivity contribution >= 4 is 56.1 Å². The molecule has 3 aromatic rings. The highest BCUT2D eigenvalue weighted by Crippen LogP contribution is 2.29. The summed E-state index contributed by atoms with van der Waals surface area (Å²) in [7, 11) is -4.18. The number of nitrogens with one attached hydrogen (secondary N) is 2. The lowest BCUT2D eigenvalue weighted by atomic mass is 10.0. The van der Waals surface area contributed by atoms with Crippen molar-refractivity contribution in [3.63, 3.8) is 0 Å². The van der Waals surface area contributed by atoms with Gasteiger partial charge in [0.2, 0.25) is 5.78 Å². The molecule has 0 fully saturated rings. The lowest BCUT2D eigenvalue weighted by Crippen LogP contribution is -2.26. The van der Waals surface area contributed by atoms with Crippen molar-refractivity contribution in [1.82, 2.24) is 0 Å². The van der Waals surface area contributed by atoms with Gasteiger partial charge in [0.15, 0.2) is 0 Å². The fraction of sp³-hybridized carbons (Fsp3) is 0.0769. The molecule has 0 heterocycles. The van der Waals surface area contributed by atoms with Crippen LogP contribution in [0.1, 0.15) is 11.1 Å². The van der Waals surface area contributed by atoms with Crippen LogP contribution >= 0.6 is 23.2 Å². The number of allylic oxidation sites excluding steroid dienone is 2. The molecule has 9 heteroatoms. The maximum Gasteiger partial charge on any atom is 0.282 e. The maximum absolute atomic E-state index is 13.1. The lowest BCUT2D eigenvalue weighted by Gasteiger charge is -2.22. The number of nitrogens with zero attached hydrogens (tertiary/aromatic N) is 1. The van der Waals surface area contributed by atoms with Gasteiger partial charge in [-0.1, -0.05) is 58.6 Å². The minimum absolute atomic E-state index is 0.0904. The van der Waals surface area contributed by atoms with E-state index in [0.29, 0.717) is 22.1 Å². The molecule has 0 saturated heterocycles. The third-order valence-electron chi connectivity index (χ3n) is 5.18. The number of halogens is 2. The van der Waals surface area contributed by atoms with Crippen molar-refractivity contribution in [3.05, 3.63) is 111 Å². The van der Waals surface area contributed by atoms with Gasteiger partial charge < -0.3 is 10.6 Å². The topological polar surface area (TPSA) is 87.6 Å². The van der Waals surface area contributed by atoms with Crippen LogP contribution in [0, 0.1) is 13.8 Å². The smallest absolute Gasteiger partial charge is 0.282 e. The number of ketones is 1. The standard InChI is InChI=1S/C26H21Cl2N3O3S/c1-16-3-9-19(10-4-16)29-22-15-23(31-35(33,34)21-13-7-18(27)8-14-21)26(32)24(28)25(22)30-20-11-5-17(2)6-12-20/h3-15,29-30H,1-2H3. The molecule has 0 saturated carbocycles. The van der Waals surface area contributed by atoms with Gasteiger partial charge in [0.25, 0.3) is 10.0 Å². The number of benzene rings is 3. The lowest BCUT2D eigenvalue weighted by molar-refractivity contribution is -0.109. The van der Waals surface area contributed by atoms with E-state index >= 15 is 0 Å². The number of anilines is 2. The van der Waals surface area contributed by atoms with Gasteiger partial charge in [-0.3, -0.25) is 4.79 Å². The third kappa shape index (κ3) is 5.82. The first kappa shape index (κ1) is 24.7. The van der Waals surface area contributed by atoms with Crippen molar-refractivity contribution in [2.45, 2.75) is 18.7 Å². The van der Waals surface area contributed by atoms with E-state index in [1.54, 1.807) is 0 Å². The van der Waals surface area contributed by atoms with Gasteiger partial charge in [0.05, 0.1) is 16.3 Å². The Morgan fingerprint density at radius 1 is 0.743 bits per heavy atom.